The Bertz CT molecular complexity index is 972. The number of ether oxygens (including phenoxy) is 1. The normalized spacial score (nSPS) is 11.5. The molecule has 154 valence electrons. The van der Waals surface area contributed by atoms with Crippen molar-refractivity contribution in [3.05, 3.63) is 95.6 Å². The minimum atomic E-state index is -1.00. The zero-order valence-corrected chi connectivity index (χ0v) is 17.2. The third-order valence-electron chi connectivity index (χ3n) is 4.64. The number of aromatic carboxylic acids is 1. The van der Waals surface area contributed by atoms with Crippen molar-refractivity contribution < 1.29 is 19.4 Å². The number of carboxylic acid groups (broad SMARTS) is 1. The predicted molar refractivity (Wildman–Crippen MR) is 120 cm³/mol. The lowest BCUT2D eigenvalue weighted by Crippen LogP contribution is -2.26. The van der Waals surface area contributed by atoms with Gasteiger partial charge in [0, 0.05) is 11.4 Å². The standard InChI is InChI=1S/C24H23NO4S/c26-23(25-21-10-8-19(9-11-21)24(27)28)20(16-30)14-17-6-12-22(13-7-17)29-15-18-4-2-1-3-5-18/h1-13,20,30H,14-16H2,(H,25,26)(H,27,28). The largest absolute Gasteiger partial charge is 0.489 e. The zero-order chi connectivity index (χ0) is 21.3. The van der Waals surface area contributed by atoms with Crippen molar-refractivity contribution in [3.8, 4) is 5.75 Å². The number of anilines is 1. The second-order valence-electron chi connectivity index (χ2n) is 6.87. The van der Waals surface area contributed by atoms with Gasteiger partial charge in [0.25, 0.3) is 0 Å². The maximum absolute atomic E-state index is 12.6. The first-order valence-corrected chi connectivity index (χ1v) is 10.2. The maximum Gasteiger partial charge on any atom is 0.335 e. The van der Waals surface area contributed by atoms with Crippen molar-refractivity contribution in [1.82, 2.24) is 0 Å². The average Bonchev–Trinajstić information content (AvgIpc) is 2.78. The summed E-state index contributed by atoms with van der Waals surface area (Å²) in [6.45, 7) is 0.503. The Morgan fingerprint density at radius 2 is 1.57 bits per heavy atom. The van der Waals surface area contributed by atoms with Gasteiger partial charge in [-0.3, -0.25) is 4.79 Å². The van der Waals surface area contributed by atoms with E-state index in [1.54, 1.807) is 12.1 Å². The molecule has 3 aromatic carbocycles. The molecule has 0 heterocycles. The summed E-state index contributed by atoms with van der Waals surface area (Å²) in [4.78, 5) is 23.5. The molecule has 0 bridgehead atoms. The van der Waals surface area contributed by atoms with Crippen LogP contribution in [0.4, 0.5) is 5.69 Å². The van der Waals surface area contributed by atoms with Crippen molar-refractivity contribution in [1.29, 1.82) is 0 Å². The fourth-order valence-electron chi connectivity index (χ4n) is 2.93. The van der Waals surface area contributed by atoms with Crippen LogP contribution in [0.15, 0.2) is 78.9 Å². The summed E-state index contributed by atoms with van der Waals surface area (Å²) in [5, 5.41) is 11.8. The molecular formula is C24H23NO4S. The molecule has 30 heavy (non-hydrogen) atoms. The zero-order valence-electron chi connectivity index (χ0n) is 16.3. The molecule has 0 saturated heterocycles. The minimum Gasteiger partial charge on any atom is -0.489 e. The van der Waals surface area contributed by atoms with Crippen LogP contribution in [0.2, 0.25) is 0 Å². The number of amides is 1. The molecule has 0 aliphatic heterocycles. The van der Waals surface area contributed by atoms with Crippen LogP contribution in [0.1, 0.15) is 21.5 Å². The van der Waals surface area contributed by atoms with E-state index in [9.17, 15) is 9.59 Å². The smallest absolute Gasteiger partial charge is 0.335 e. The van der Waals surface area contributed by atoms with Gasteiger partial charge < -0.3 is 15.2 Å². The van der Waals surface area contributed by atoms with Crippen LogP contribution in [0.3, 0.4) is 0 Å². The Morgan fingerprint density at radius 3 is 2.17 bits per heavy atom. The van der Waals surface area contributed by atoms with Crippen LogP contribution < -0.4 is 10.1 Å². The summed E-state index contributed by atoms with van der Waals surface area (Å²) in [7, 11) is 0. The van der Waals surface area contributed by atoms with E-state index in [0.29, 0.717) is 24.5 Å². The molecule has 0 fully saturated rings. The highest BCUT2D eigenvalue weighted by Gasteiger charge is 2.18. The topological polar surface area (TPSA) is 75.6 Å². The van der Waals surface area contributed by atoms with E-state index in [2.05, 4.69) is 17.9 Å². The molecule has 3 aromatic rings. The Morgan fingerprint density at radius 1 is 0.900 bits per heavy atom. The average molecular weight is 422 g/mol. The number of hydrogen-bond acceptors (Lipinski definition) is 4. The van der Waals surface area contributed by atoms with Gasteiger partial charge in [-0.1, -0.05) is 42.5 Å². The van der Waals surface area contributed by atoms with Crippen molar-refractivity contribution in [2.24, 2.45) is 5.92 Å². The summed E-state index contributed by atoms with van der Waals surface area (Å²) in [6, 6.07) is 23.7. The van der Waals surface area contributed by atoms with Crippen LogP contribution in [-0.4, -0.2) is 22.7 Å². The molecule has 1 unspecified atom stereocenters. The lowest BCUT2D eigenvalue weighted by Gasteiger charge is -2.15. The summed E-state index contributed by atoms with van der Waals surface area (Å²) >= 11 is 4.33. The monoisotopic (exact) mass is 421 g/mol. The maximum atomic E-state index is 12.6. The minimum absolute atomic E-state index is 0.155. The summed E-state index contributed by atoms with van der Waals surface area (Å²) < 4.78 is 5.80. The number of carboxylic acids is 1. The molecule has 0 saturated carbocycles. The number of nitrogens with one attached hydrogen (secondary N) is 1. The Balaban J connectivity index is 1.55. The van der Waals surface area contributed by atoms with E-state index in [-0.39, 0.29) is 17.4 Å². The first kappa shape index (κ1) is 21.5. The van der Waals surface area contributed by atoms with E-state index in [0.717, 1.165) is 16.9 Å². The molecule has 1 amide bonds. The van der Waals surface area contributed by atoms with Gasteiger partial charge in [-0.05, 0) is 53.9 Å². The molecule has 3 rings (SSSR count). The molecule has 0 aliphatic rings. The lowest BCUT2D eigenvalue weighted by molar-refractivity contribution is -0.119. The first-order chi connectivity index (χ1) is 14.5. The molecule has 0 radical (unpaired) electrons. The fourth-order valence-corrected chi connectivity index (χ4v) is 3.22. The van der Waals surface area contributed by atoms with Gasteiger partial charge in [0.15, 0.2) is 0 Å². The predicted octanol–water partition coefficient (Wildman–Crippen LogP) is 4.69. The number of carbonyl (C=O) groups excluding carboxylic acids is 1. The summed E-state index contributed by atoms with van der Waals surface area (Å²) in [5.74, 6) is -0.308. The second-order valence-corrected chi connectivity index (χ2v) is 7.24. The molecule has 0 aromatic heterocycles. The SMILES string of the molecule is O=C(O)c1ccc(NC(=O)C(CS)Cc2ccc(OCc3ccccc3)cc2)cc1. The van der Waals surface area contributed by atoms with Gasteiger partial charge in [-0.2, -0.15) is 12.6 Å². The van der Waals surface area contributed by atoms with Crippen LogP contribution in [0.5, 0.6) is 5.75 Å². The molecule has 1 atom stereocenters. The Hall–Kier alpha value is -3.25. The highest BCUT2D eigenvalue weighted by molar-refractivity contribution is 7.80. The van der Waals surface area contributed by atoms with E-state index < -0.39 is 5.97 Å². The van der Waals surface area contributed by atoms with E-state index in [1.807, 2.05) is 54.6 Å². The summed E-state index contributed by atoms with van der Waals surface area (Å²) in [6.07, 6.45) is 0.543. The number of carbonyl (C=O) groups is 2. The number of rotatable bonds is 9. The van der Waals surface area contributed by atoms with Crippen molar-refractivity contribution in [2.45, 2.75) is 13.0 Å². The number of benzene rings is 3. The third-order valence-corrected chi connectivity index (χ3v) is 5.09. The van der Waals surface area contributed by atoms with Gasteiger partial charge in [0.05, 0.1) is 11.5 Å². The number of thiol groups is 1. The summed E-state index contributed by atoms with van der Waals surface area (Å²) in [5.41, 5.74) is 2.84. The van der Waals surface area contributed by atoms with E-state index in [4.69, 9.17) is 9.84 Å². The molecular weight excluding hydrogens is 398 g/mol. The highest BCUT2D eigenvalue weighted by atomic mass is 32.1. The molecule has 2 N–H and O–H groups in total. The van der Waals surface area contributed by atoms with E-state index >= 15 is 0 Å². The fraction of sp³-hybridized carbons (Fsp3) is 0.167. The van der Waals surface area contributed by atoms with Gasteiger partial charge in [-0.15, -0.1) is 0 Å². The Labute approximate surface area is 181 Å². The molecule has 6 heteroatoms. The molecule has 0 aliphatic carbocycles. The first-order valence-electron chi connectivity index (χ1n) is 9.56. The van der Waals surface area contributed by atoms with Gasteiger partial charge in [0.1, 0.15) is 12.4 Å². The highest BCUT2D eigenvalue weighted by Crippen LogP contribution is 2.19. The van der Waals surface area contributed by atoms with E-state index in [1.165, 1.54) is 12.1 Å². The van der Waals surface area contributed by atoms with Crippen LogP contribution in [-0.2, 0) is 17.8 Å². The van der Waals surface area contributed by atoms with Crippen LogP contribution in [0, 0.1) is 5.92 Å². The van der Waals surface area contributed by atoms with Gasteiger partial charge >= 0.3 is 5.97 Å². The third kappa shape index (κ3) is 6.12. The van der Waals surface area contributed by atoms with Gasteiger partial charge in [0.2, 0.25) is 5.91 Å². The van der Waals surface area contributed by atoms with Crippen molar-refractivity contribution in [2.75, 3.05) is 11.1 Å². The molecule has 0 spiro atoms. The lowest BCUT2D eigenvalue weighted by atomic mass is 10.00. The molecule has 5 nitrogen and oxygen atoms in total. The van der Waals surface area contributed by atoms with Crippen molar-refractivity contribution in [3.63, 3.8) is 0 Å². The number of hydrogen-bond donors (Lipinski definition) is 3. The van der Waals surface area contributed by atoms with Gasteiger partial charge in [-0.25, -0.2) is 4.79 Å². The Kier molecular flexibility index (Phi) is 7.51. The quantitative estimate of drug-likeness (QED) is 0.438. The van der Waals surface area contributed by atoms with Crippen LogP contribution >= 0.6 is 12.6 Å². The second kappa shape index (κ2) is 10.5. The van der Waals surface area contributed by atoms with Crippen molar-refractivity contribution >= 4 is 30.2 Å². The van der Waals surface area contributed by atoms with Crippen LogP contribution in [0.25, 0.3) is 0 Å².